The summed E-state index contributed by atoms with van der Waals surface area (Å²) in [6, 6.07) is 4.23. The van der Waals surface area contributed by atoms with Crippen LogP contribution in [0.4, 0.5) is 8.78 Å². The fourth-order valence-electron chi connectivity index (χ4n) is 2.76. The maximum Gasteiger partial charge on any atom is 0.131 e. The van der Waals surface area contributed by atoms with Crippen molar-refractivity contribution in [3.05, 3.63) is 34.9 Å². The molecule has 0 aliphatic carbocycles. The highest BCUT2D eigenvalue weighted by Gasteiger charge is 2.19. The number of nitriles is 1. The van der Waals surface area contributed by atoms with Crippen LogP contribution >= 0.6 is 0 Å². The van der Waals surface area contributed by atoms with Gasteiger partial charge in [-0.3, -0.25) is 0 Å². The molecular weight excluding hydrogens is 272 g/mol. The third-order valence-corrected chi connectivity index (χ3v) is 3.97. The lowest BCUT2D eigenvalue weighted by molar-refractivity contribution is 0.197. The van der Waals surface area contributed by atoms with E-state index in [9.17, 15) is 8.78 Å². The minimum Gasteiger partial charge on any atom is -0.310 e. The van der Waals surface area contributed by atoms with Crippen molar-refractivity contribution >= 4 is 0 Å². The molecule has 0 unspecified atom stereocenters. The minimum atomic E-state index is -0.650. The molecule has 1 aliphatic heterocycles. The predicted molar refractivity (Wildman–Crippen MR) is 77.7 cm³/mol. The Morgan fingerprint density at radius 3 is 2.43 bits per heavy atom. The van der Waals surface area contributed by atoms with Gasteiger partial charge in [-0.05, 0) is 51.0 Å². The highest BCUT2D eigenvalue weighted by atomic mass is 19.1. The summed E-state index contributed by atoms with van der Waals surface area (Å²) >= 11 is 0. The quantitative estimate of drug-likeness (QED) is 0.907. The first-order chi connectivity index (χ1) is 10.1. The molecule has 21 heavy (non-hydrogen) atoms. The van der Waals surface area contributed by atoms with Crippen LogP contribution in [0.2, 0.25) is 0 Å². The number of nitrogens with one attached hydrogen (secondary N) is 1. The smallest absolute Gasteiger partial charge is 0.131 e. The molecule has 0 bridgehead atoms. The number of likely N-dealkylation sites (tertiary alicyclic amines) is 1. The maximum absolute atomic E-state index is 13.8. The van der Waals surface area contributed by atoms with Gasteiger partial charge in [-0.2, -0.15) is 5.26 Å². The Bertz CT molecular complexity index is 494. The van der Waals surface area contributed by atoms with Crippen molar-refractivity contribution < 1.29 is 8.78 Å². The van der Waals surface area contributed by atoms with Crippen LogP contribution in [0.15, 0.2) is 12.1 Å². The van der Waals surface area contributed by atoms with Crippen LogP contribution in [-0.4, -0.2) is 30.6 Å². The van der Waals surface area contributed by atoms with Crippen LogP contribution in [-0.2, 0) is 6.54 Å². The van der Waals surface area contributed by atoms with Crippen LogP contribution in [0, 0.1) is 23.0 Å². The van der Waals surface area contributed by atoms with E-state index < -0.39 is 11.6 Å². The Kier molecular flexibility index (Phi) is 5.66. The number of hydrogen-bond acceptors (Lipinski definition) is 3. The fourth-order valence-corrected chi connectivity index (χ4v) is 2.76. The molecule has 114 valence electrons. The topological polar surface area (TPSA) is 39.1 Å². The van der Waals surface area contributed by atoms with E-state index >= 15 is 0 Å². The number of hydrogen-bond donors (Lipinski definition) is 1. The molecule has 1 N–H and O–H groups in total. The average Bonchev–Trinajstić information content (AvgIpc) is 2.48. The lowest BCUT2D eigenvalue weighted by Crippen LogP contribution is -2.42. The molecule has 1 aliphatic rings. The zero-order valence-corrected chi connectivity index (χ0v) is 12.3. The van der Waals surface area contributed by atoms with Crippen molar-refractivity contribution in [2.45, 2.75) is 38.8 Å². The Morgan fingerprint density at radius 2 is 1.90 bits per heavy atom. The van der Waals surface area contributed by atoms with Crippen LogP contribution in [0.5, 0.6) is 0 Å². The molecule has 3 nitrogen and oxygen atoms in total. The second-order valence-corrected chi connectivity index (χ2v) is 5.53. The zero-order chi connectivity index (χ0) is 15.2. The standard InChI is InChI=1S/C16H21F2N3/c1-2-5-21-6-3-13(4-7-21)20-11-14-15(17)8-12(10-19)9-16(14)18/h8-9,13,20H,2-7,11H2,1H3. The van der Waals surface area contributed by atoms with Crippen molar-refractivity contribution in [1.82, 2.24) is 10.2 Å². The first-order valence-electron chi connectivity index (χ1n) is 7.47. The first kappa shape index (κ1) is 15.9. The summed E-state index contributed by atoms with van der Waals surface area (Å²) in [7, 11) is 0. The molecule has 0 radical (unpaired) electrons. The van der Waals surface area contributed by atoms with Gasteiger partial charge >= 0.3 is 0 Å². The molecule has 1 saturated heterocycles. The zero-order valence-electron chi connectivity index (χ0n) is 12.3. The van der Waals surface area contributed by atoms with Gasteiger partial charge in [0.25, 0.3) is 0 Å². The maximum atomic E-state index is 13.8. The predicted octanol–water partition coefficient (Wildman–Crippen LogP) is 2.80. The Balaban J connectivity index is 1.88. The van der Waals surface area contributed by atoms with E-state index in [1.54, 1.807) is 6.07 Å². The lowest BCUT2D eigenvalue weighted by Gasteiger charge is -2.32. The van der Waals surface area contributed by atoms with Gasteiger partial charge in [0, 0.05) is 18.2 Å². The molecule has 2 rings (SSSR count). The summed E-state index contributed by atoms with van der Waals surface area (Å²) in [6.45, 7) is 5.52. The molecule has 0 amide bonds. The molecular formula is C16H21F2N3. The fraction of sp³-hybridized carbons (Fsp3) is 0.562. The van der Waals surface area contributed by atoms with Crippen molar-refractivity contribution in [2.75, 3.05) is 19.6 Å². The van der Waals surface area contributed by atoms with Gasteiger partial charge in [0.05, 0.1) is 11.6 Å². The summed E-state index contributed by atoms with van der Waals surface area (Å²) in [6.07, 6.45) is 3.15. The second-order valence-electron chi connectivity index (χ2n) is 5.53. The summed E-state index contributed by atoms with van der Waals surface area (Å²) < 4.78 is 27.6. The van der Waals surface area contributed by atoms with E-state index in [1.165, 1.54) is 0 Å². The second kappa shape index (κ2) is 7.48. The molecule has 0 atom stereocenters. The third kappa shape index (κ3) is 4.23. The van der Waals surface area contributed by atoms with Crippen LogP contribution in [0.3, 0.4) is 0 Å². The van der Waals surface area contributed by atoms with Gasteiger partial charge in [0.1, 0.15) is 11.6 Å². The molecule has 1 aromatic rings. The first-order valence-corrected chi connectivity index (χ1v) is 7.47. The molecule has 1 aromatic carbocycles. The number of piperidine rings is 1. The lowest BCUT2D eigenvalue weighted by atomic mass is 10.0. The Hall–Kier alpha value is -1.51. The summed E-state index contributed by atoms with van der Waals surface area (Å²) in [5.74, 6) is -1.30. The molecule has 0 saturated carbocycles. The molecule has 5 heteroatoms. The van der Waals surface area contributed by atoms with E-state index in [0.717, 1.165) is 51.0 Å². The van der Waals surface area contributed by atoms with Gasteiger partial charge in [-0.1, -0.05) is 6.92 Å². The number of nitrogens with zero attached hydrogens (tertiary/aromatic N) is 2. The summed E-state index contributed by atoms with van der Waals surface area (Å²) in [5, 5.41) is 11.9. The van der Waals surface area contributed by atoms with E-state index in [4.69, 9.17) is 5.26 Å². The normalized spacial score (nSPS) is 16.9. The summed E-state index contributed by atoms with van der Waals surface area (Å²) in [4.78, 5) is 2.42. The van der Waals surface area contributed by atoms with Crippen LogP contribution in [0.1, 0.15) is 37.3 Å². The summed E-state index contributed by atoms with van der Waals surface area (Å²) in [5.41, 5.74) is 0.0339. The number of halogens is 2. The van der Waals surface area contributed by atoms with Gasteiger partial charge in [0.15, 0.2) is 0 Å². The Morgan fingerprint density at radius 1 is 1.29 bits per heavy atom. The number of rotatable bonds is 5. The average molecular weight is 293 g/mol. The monoisotopic (exact) mass is 293 g/mol. The number of benzene rings is 1. The third-order valence-electron chi connectivity index (χ3n) is 3.97. The highest BCUT2D eigenvalue weighted by molar-refractivity contribution is 5.34. The highest BCUT2D eigenvalue weighted by Crippen LogP contribution is 2.17. The van der Waals surface area contributed by atoms with Gasteiger partial charge in [-0.25, -0.2) is 8.78 Å². The molecule has 0 spiro atoms. The van der Waals surface area contributed by atoms with Gasteiger partial charge in [-0.15, -0.1) is 0 Å². The van der Waals surface area contributed by atoms with Crippen molar-refractivity contribution in [3.8, 4) is 6.07 Å². The van der Waals surface area contributed by atoms with Crippen LogP contribution in [0.25, 0.3) is 0 Å². The van der Waals surface area contributed by atoms with E-state index in [1.807, 2.05) is 0 Å². The van der Waals surface area contributed by atoms with Gasteiger partial charge < -0.3 is 10.2 Å². The van der Waals surface area contributed by atoms with Crippen molar-refractivity contribution in [3.63, 3.8) is 0 Å². The Labute approximate surface area is 124 Å². The molecule has 1 fully saturated rings. The minimum absolute atomic E-state index is 0.0154. The van der Waals surface area contributed by atoms with Crippen LogP contribution < -0.4 is 5.32 Å². The van der Waals surface area contributed by atoms with Crippen molar-refractivity contribution in [2.24, 2.45) is 0 Å². The van der Waals surface area contributed by atoms with E-state index in [2.05, 4.69) is 17.1 Å². The largest absolute Gasteiger partial charge is 0.310 e. The molecule has 0 aromatic heterocycles. The van der Waals surface area contributed by atoms with Crippen molar-refractivity contribution in [1.29, 1.82) is 5.26 Å². The van der Waals surface area contributed by atoms with E-state index in [0.29, 0.717) is 6.04 Å². The molecule has 1 heterocycles. The SMILES string of the molecule is CCCN1CCC(NCc2c(F)cc(C#N)cc2F)CC1. The van der Waals surface area contributed by atoms with E-state index in [-0.39, 0.29) is 17.7 Å². The van der Waals surface area contributed by atoms with Gasteiger partial charge in [0.2, 0.25) is 0 Å².